The molecule has 10 nitrogen and oxygen atoms in total. The fourth-order valence-electron chi connectivity index (χ4n) is 4.48. The highest BCUT2D eigenvalue weighted by molar-refractivity contribution is 7.18. The van der Waals surface area contributed by atoms with Crippen molar-refractivity contribution in [2.24, 2.45) is 5.73 Å². The zero-order valence-electron chi connectivity index (χ0n) is 22.7. The molecule has 0 saturated carbocycles. The molecular weight excluding hydrogens is 535 g/mol. The maximum atomic E-state index is 13.5. The third-order valence-corrected chi connectivity index (χ3v) is 8.14. The molecule has 1 aromatic heterocycles. The number of likely N-dealkylation sites (tertiary alicyclic amines) is 1. The predicted octanol–water partition coefficient (Wildman–Crippen LogP) is 3.04. The molecule has 1 atom stereocenters. The van der Waals surface area contributed by atoms with Crippen LogP contribution in [-0.2, 0) is 9.59 Å². The van der Waals surface area contributed by atoms with E-state index in [4.69, 9.17) is 16.2 Å². The number of halogens is 1. The molecule has 3 aromatic rings. The molecule has 212 valence electrons. The van der Waals surface area contributed by atoms with Gasteiger partial charge in [-0.2, -0.15) is 0 Å². The molecule has 0 bridgehead atoms. The van der Waals surface area contributed by atoms with E-state index in [0.29, 0.717) is 17.0 Å². The van der Waals surface area contributed by atoms with Crippen molar-refractivity contribution in [3.05, 3.63) is 64.8 Å². The van der Waals surface area contributed by atoms with E-state index in [0.717, 1.165) is 37.3 Å². The zero-order chi connectivity index (χ0) is 29.0. The van der Waals surface area contributed by atoms with E-state index in [-0.39, 0.29) is 40.2 Å². The van der Waals surface area contributed by atoms with Gasteiger partial charge in [0.05, 0.1) is 0 Å². The topological polar surface area (TPSA) is 135 Å². The van der Waals surface area contributed by atoms with Crippen LogP contribution >= 0.6 is 11.3 Å². The number of carbonyl (C=O) groups excluding carboxylic acids is 3. The van der Waals surface area contributed by atoms with Gasteiger partial charge in [-0.1, -0.05) is 11.3 Å². The number of hydrogen-bond acceptors (Lipinski definition) is 9. The van der Waals surface area contributed by atoms with Gasteiger partial charge in [0.1, 0.15) is 28.3 Å². The molecule has 0 spiro atoms. The average molecular weight is 569 g/mol. The molecule has 2 aromatic carbocycles. The average Bonchev–Trinajstić information content (AvgIpc) is 3.33. The van der Waals surface area contributed by atoms with Gasteiger partial charge in [-0.25, -0.2) is 9.37 Å². The van der Waals surface area contributed by atoms with E-state index in [1.54, 1.807) is 43.1 Å². The number of aromatic nitrogens is 1. The van der Waals surface area contributed by atoms with Crippen LogP contribution in [0.4, 0.5) is 21.0 Å². The van der Waals surface area contributed by atoms with Gasteiger partial charge in [-0.05, 0) is 88.4 Å². The Morgan fingerprint density at radius 1 is 1.12 bits per heavy atom. The van der Waals surface area contributed by atoms with E-state index in [1.165, 1.54) is 29.2 Å². The Labute approximate surface area is 236 Å². The van der Waals surface area contributed by atoms with Gasteiger partial charge in [0.25, 0.3) is 5.91 Å². The molecule has 1 aliphatic rings. The number of thiazole rings is 1. The molecular formula is C28H33FN6O4S. The normalized spacial score (nSPS) is 14.9. The van der Waals surface area contributed by atoms with Crippen LogP contribution in [0, 0.1) is 5.82 Å². The second kappa shape index (κ2) is 12.4. The number of ketones is 1. The lowest BCUT2D eigenvalue weighted by Crippen LogP contribution is -2.45. The quantitative estimate of drug-likeness (QED) is 0.357. The van der Waals surface area contributed by atoms with Crippen molar-refractivity contribution in [1.29, 1.82) is 0 Å². The Balaban J connectivity index is 1.44. The van der Waals surface area contributed by atoms with E-state index >= 15 is 0 Å². The molecule has 4 rings (SSSR count). The largest absolute Gasteiger partial charge is 0.484 e. The van der Waals surface area contributed by atoms with Crippen LogP contribution in [0.3, 0.4) is 0 Å². The first-order valence-electron chi connectivity index (χ1n) is 12.9. The summed E-state index contributed by atoms with van der Waals surface area (Å²) in [6, 6.07) is 11.3. The number of rotatable bonds is 10. The van der Waals surface area contributed by atoms with Gasteiger partial charge >= 0.3 is 0 Å². The molecule has 4 N–H and O–H groups in total. The SMILES string of the molecule is C[C@H](C(N)=O)N(c1ccc(F)cc1)c1nc(N)c(C(=O)c2ccc(OCC(=O)N(C)C3CCN(C)CC3)cc2)s1. The number of nitrogens with two attached hydrogens (primary N) is 2. The number of ether oxygens (including phenoxy) is 1. The summed E-state index contributed by atoms with van der Waals surface area (Å²) in [5.74, 6) is -1.08. The monoisotopic (exact) mass is 568 g/mol. The maximum Gasteiger partial charge on any atom is 0.260 e. The van der Waals surface area contributed by atoms with Crippen LogP contribution in [0.1, 0.15) is 35.0 Å². The summed E-state index contributed by atoms with van der Waals surface area (Å²) in [6.45, 7) is 3.40. The number of carbonyl (C=O) groups is 3. The molecule has 1 aliphatic heterocycles. The lowest BCUT2D eigenvalue weighted by atomic mass is 10.0. The van der Waals surface area contributed by atoms with Gasteiger partial charge in [0, 0.05) is 24.3 Å². The standard InChI is InChI=1S/C28H33FN6O4S/c1-17(27(31)38)35(21-8-6-19(29)7-9-21)28-32-26(30)25(40-28)24(37)18-4-10-22(11-5-18)39-16-23(36)34(3)20-12-14-33(2)15-13-20/h4-11,17,20H,12-16,30H2,1-3H3,(H2,31,38)/t17-/m1/s1. The Morgan fingerprint density at radius 2 is 1.75 bits per heavy atom. The van der Waals surface area contributed by atoms with Crippen LogP contribution in [0.2, 0.25) is 0 Å². The minimum Gasteiger partial charge on any atom is -0.484 e. The number of hydrogen-bond donors (Lipinski definition) is 2. The van der Waals surface area contributed by atoms with Crippen LogP contribution in [0.25, 0.3) is 0 Å². The number of nitrogens with zero attached hydrogens (tertiary/aromatic N) is 4. The second-order valence-electron chi connectivity index (χ2n) is 9.82. The summed E-state index contributed by atoms with van der Waals surface area (Å²) >= 11 is 1.00. The van der Waals surface area contributed by atoms with Crippen molar-refractivity contribution >= 4 is 45.6 Å². The summed E-state index contributed by atoms with van der Waals surface area (Å²) in [6.07, 6.45) is 1.86. The van der Waals surface area contributed by atoms with E-state index in [2.05, 4.69) is 16.9 Å². The number of primary amides is 1. The van der Waals surface area contributed by atoms with Gasteiger partial charge in [-0.3, -0.25) is 14.4 Å². The zero-order valence-corrected chi connectivity index (χ0v) is 23.5. The van der Waals surface area contributed by atoms with Gasteiger partial charge in [0.15, 0.2) is 11.7 Å². The Kier molecular flexibility index (Phi) is 9.00. The fourth-order valence-corrected chi connectivity index (χ4v) is 5.53. The lowest BCUT2D eigenvalue weighted by molar-refractivity contribution is -0.135. The molecule has 1 fully saturated rings. The van der Waals surface area contributed by atoms with Gasteiger partial charge < -0.3 is 30.9 Å². The highest BCUT2D eigenvalue weighted by atomic mass is 32.1. The molecule has 1 saturated heterocycles. The molecule has 0 aliphatic carbocycles. The van der Waals surface area contributed by atoms with E-state index in [9.17, 15) is 18.8 Å². The van der Waals surface area contributed by atoms with Crippen molar-refractivity contribution in [1.82, 2.24) is 14.8 Å². The molecule has 0 radical (unpaired) electrons. The van der Waals surface area contributed by atoms with Crippen LogP contribution in [0.15, 0.2) is 48.5 Å². The number of benzene rings is 2. The number of likely N-dealkylation sites (N-methyl/N-ethyl adjacent to an activating group) is 1. The minimum atomic E-state index is -0.836. The minimum absolute atomic E-state index is 0.00310. The van der Waals surface area contributed by atoms with Gasteiger partial charge in [0.2, 0.25) is 11.7 Å². The number of nitrogen functional groups attached to an aromatic ring is 1. The third kappa shape index (κ3) is 6.57. The Morgan fingerprint density at radius 3 is 2.35 bits per heavy atom. The van der Waals surface area contributed by atoms with Crippen molar-refractivity contribution in [2.75, 3.05) is 44.4 Å². The van der Waals surface area contributed by atoms with Crippen molar-refractivity contribution in [2.45, 2.75) is 31.8 Å². The molecule has 40 heavy (non-hydrogen) atoms. The first-order chi connectivity index (χ1) is 19.0. The lowest BCUT2D eigenvalue weighted by Gasteiger charge is -2.35. The summed E-state index contributed by atoms with van der Waals surface area (Å²) in [5.41, 5.74) is 12.5. The third-order valence-electron chi connectivity index (χ3n) is 7.07. The first-order valence-corrected chi connectivity index (χ1v) is 13.7. The Bertz CT molecular complexity index is 1360. The van der Waals surface area contributed by atoms with Crippen molar-refractivity contribution in [3.63, 3.8) is 0 Å². The maximum absolute atomic E-state index is 13.5. The first kappa shape index (κ1) is 29.0. The molecule has 0 unspecified atom stereocenters. The number of amides is 2. The summed E-state index contributed by atoms with van der Waals surface area (Å²) in [5, 5.41) is 0.269. The summed E-state index contributed by atoms with van der Waals surface area (Å²) in [7, 11) is 3.88. The smallest absolute Gasteiger partial charge is 0.260 e. The predicted molar refractivity (Wildman–Crippen MR) is 152 cm³/mol. The summed E-state index contributed by atoms with van der Waals surface area (Å²) < 4.78 is 19.2. The number of anilines is 3. The van der Waals surface area contributed by atoms with Crippen LogP contribution in [0.5, 0.6) is 5.75 Å². The second-order valence-corrected chi connectivity index (χ2v) is 10.8. The summed E-state index contributed by atoms with van der Waals surface area (Å²) in [4.78, 5) is 47.9. The van der Waals surface area contributed by atoms with Crippen molar-refractivity contribution < 1.29 is 23.5 Å². The van der Waals surface area contributed by atoms with Gasteiger partial charge in [-0.15, -0.1) is 0 Å². The van der Waals surface area contributed by atoms with Crippen LogP contribution < -0.4 is 21.1 Å². The van der Waals surface area contributed by atoms with Crippen LogP contribution in [-0.4, -0.2) is 78.3 Å². The molecule has 2 amide bonds. The van der Waals surface area contributed by atoms with E-state index in [1.807, 2.05) is 0 Å². The Hall–Kier alpha value is -4.03. The molecule has 2 heterocycles. The molecule has 12 heteroatoms. The highest BCUT2D eigenvalue weighted by Gasteiger charge is 2.28. The van der Waals surface area contributed by atoms with Crippen molar-refractivity contribution in [3.8, 4) is 5.75 Å². The fraction of sp³-hybridized carbons (Fsp3) is 0.357. The highest BCUT2D eigenvalue weighted by Crippen LogP contribution is 2.36. The van der Waals surface area contributed by atoms with E-state index < -0.39 is 17.8 Å². The number of piperidine rings is 1.